The molecule has 4 rings (SSSR count). The van der Waals surface area contributed by atoms with E-state index < -0.39 is 5.97 Å². The van der Waals surface area contributed by atoms with Gasteiger partial charge in [0.25, 0.3) is 0 Å². The Morgan fingerprint density at radius 2 is 2.21 bits per heavy atom. The number of fused-ring (bicyclic) bond motifs is 1. The fraction of sp³-hybridized carbons (Fsp3) is 0.500. The molecule has 6 heteroatoms. The summed E-state index contributed by atoms with van der Waals surface area (Å²) in [5.74, 6) is -0.154. The van der Waals surface area contributed by atoms with E-state index in [0.717, 1.165) is 29.2 Å². The van der Waals surface area contributed by atoms with Crippen molar-refractivity contribution in [3.63, 3.8) is 0 Å². The van der Waals surface area contributed by atoms with Crippen molar-refractivity contribution in [3.8, 4) is 10.7 Å². The Morgan fingerprint density at radius 3 is 3.00 bits per heavy atom. The maximum atomic E-state index is 11.7. The number of aliphatic carboxylic acids is 1. The molecular formula is C18H21N3O2S. The van der Waals surface area contributed by atoms with Gasteiger partial charge in [0.1, 0.15) is 11.0 Å². The highest BCUT2D eigenvalue weighted by Crippen LogP contribution is 2.40. The van der Waals surface area contributed by atoms with Gasteiger partial charge in [-0.1, -0.05) is 18.9 Å². The maximum absolute atomic E-state index is 11.7. The number of likely N-dealkylation sites (tertiary alicyclic amines) is 1. The standard InChI is InChI=1S/C18H21N3O2S/c22-18(23)16-9-12-5-1-2-7-15(12)21(16)10-13-11-24-17(20-13)14-6-3-4-8-19-14/h3-4,6,8,11-12,15-16H,1-2,5,7,9-10H2,(H,22,23)/t12-,15+,16-/m0/s1. The van der Waals surface area contributed by atoms with Crippen molar-refractivity contribution in [3.05, 3.63) is 35.5 Å². The summed E-state index contributed by atoms with van der Waals surface area (Å²) in [5.41, 5.74) is 1.83. The van der Waals surface area contributed by atoms with Crippen LogP contribution in [0.25, 0.3) is 10.7 Å². The lowest BCUT2D eigenvalue weighted by molar-refractivity contribution is -0.142. The van der Waals surface area contributed by atoms with Crippen LogP contribution in [-0.2, 0) is 11.3 Å². The molecule has 0 unspecified atom stereocenters. The quantitative estimate of drug-likeness (QED) is 0.921. The first-order valence-corrected chi connectivity index (χ1v) is 9.44. The van der Waals surface area contributed by atoms with Gasteiger partial charge in [0.05, 0.1) is 11.4 Å². The largest absolute Gasteiger partial charge is 0.480 e. The third kappa shape index (κ3) is 2.96. The molecule has 0 spiro atoms. The van der Waals surface area contributed by atoms with E-state index in [-0.39, 0.29) is 6.04 Å². The fourth-order valence-corrected chi connectivity index (χ4v) is 4.98. The molecule has 1 saturated carbocycles. The first kappa shape index (κ1) is 15.7. The van der Waals surface area contributed by atoms with Crippen molar-refractivity contribution in [2.75, 3.05) is 0 Å². The van der Waals surface area contributed by atoms with Crippen molar-refractivity contribution < 1.29 is 9.90 Å². The number of pyridine rings is 1. The summed E-state index contributed by atoms with van der Waals surface area (Å²) < 4.78 is 0. The number of aromatic nitrogens is 2. The van der Waals surface area contributed by atoms with Gasteiger partial charge in [0.2, 0.25) is 0 Å². The summed E-state index contributed by atoms with van der Waals surface area (Å²) in [6.45, 7) is 0.626. The molecule has 1 N–H and O–H groups in total. The third-order valence-corrected chi connectivity index (χ3v) is 6.20. The number of nitrogens with zero attached hydrogens (tertiary/aromatic N) is 3. The van der Waals surface area contributed by atoms with E-state index in [0.29, 0.717) is 18.5 Å². The molecular weight excluding hydrogens is 322 g/mol. The summed E-state index contributed by atoms with van der Waals surface area (Å²) in [6, 6.07) is 5.84. The SMILES string of the molecule is O=C(O)[C@@H]1C[C@@H]2CCCC[C@H]2N1Cc1csc(-c2ccccn2)n1. The van der Waals surface area contributed by atoms with Crippen LogP contribution in [0.2, 0.25) is 0 Å². The van der Waals surface area contributed by atoms with Crippen LogP contribution >= 0.6 is 11.3 Å². The molecule has 3 heterocycles. The molecule has 2 aromatic rings. The predicted octanol–water partition coefficient (Wildman–Crippen LogP) is 3.42. The molecule has 5 nitrogen and oxygen atoms in total. The van der Waals surface area contributed by atoms with E-state index in [9.17, 15) is 9.90 Å². The predicted molar refractivity (Wildman–Crippen MR) is 92.7 cm³/mol. The van der Waals surface area contributed by atoms with Crippen LogP contribution in [0.1, 0.15) is 37.8 Å². The second kappa shape index (κ2) is 6.61. The summed E-state index contributed by atoms with van der Waals surface area (Å²) in [5, 5.41) is 12.6. The number of carbonyl (C=O) groups is 1. The van der Waals surface area contributed by atoms with Crippen LogP contribution in [0.3, 0.4) is 0 Å². The Kier molecular flexibility index (Phi) is 4.33. The zero-order valence-corrected chi connectivity index (χ0v) is 14.3. The lowest BCUT2D eigenvalue weighted by Gasteiger charge is -2.32. The van der Waals surface area contributed by atoms with Crippen molar-refractivity contribution in [1.29, 1.82) is 0 Å². The first-order valence-electron chi connectivity index (χ1n) is 8.57. The van der Waals surface area contributed by atoms with Crippen LogP contribution in [0.4, 0.5) is 0 Å². The average Bonchev–Trinajstić information content (AvgIpc) is 3.21. The summed E-state index contributed by atoms with van der Waals surface area (Å²) >= 11 is 1.58. The summed E-state index contributed by atoms with van der Waals surface area (Å²) in [4.78, 5) is 22.9. The average molecular weight is 343 g/mol. The maximum Gasteiger partial charge on any atom is 0.320 e. The number of hydrogen-bond donors (Lipinski definition) is 1. The minimum absolute atomic E-state index is 0.363. The molecule has 0 amide bonds. The highest BCUT2D eigenvalue weighted by atomic mass is 32.1. The minimum Gasteiger partial charge on any atom is -0.480 e. The zero-order valence-electron chi connectivity index (χ0n) is 13.5. The second-order valence-corrected chi connectivity index (χ2v) is 7.59. The summed E-state index contributed by atoms with van der Waals surface area (Å²) in [7, 11) is 0. The topological polar surface area (TPSA) is 66.3 Å². The normalized spacial score (nSPS) is 27.1. The molecule has 2 aromatic heterocycles. The molecule has 126 valence electrons. The van der Waals surface area contributed by atoms with Gasteiger partial charge in [-0.25, -0.2) is 4.98 Å². The Morgan fingerprint density at radius 1 is 1.33 bits per heavy atom. The monoisotopic (exact) mass is 343 g/mol. The van der Waals surface area contributed by atoms with Gasteiger partial charge in [-0.05, 0) is 37.3 Å². The van der Waals surface area contributed by atoms with E-state index in [1.165, 1.54) is 19.3 Å². The van der Waals surface area contributed by atoms with E-state index in [1.54, 1.807) is 17.5 Å². The second-order valence-electron chi connectivity index (χ2n) is 6.73. The number of carboxylic acid groups (broad SMARTS) is 1. The van der Waals surface area contributed by atoms with E-state index in [1.807, 2.05) is 23.6 Å². The Bertz CT molecular complexity index is 718. The highest BCUT2D eigenvalue weighted by molar-refractivity contribution is 7.13. The lowest BCUT2D eigenvalue weighted by Crippen LogP contribution is -2.41. The van der Waals surface area contributed by atoms with Crippen LogP contribution in [-0.4, -0.2) is 38.0 Å². The molecule has 0 aromatic carbocycles. The van der Waals surface area contributed by atoms with E-state index in [2.05, 4.69) is 9.88 Å². The molecule has 2 fully saturated rings. The van der Waals surface area contributed by atoms with Crippen molar-refractivity contribution in [1.82, 2.24) is 14.9 Å². The van der Waals surface area contributed by atoms with Gasteiger partial charge in [-0.15, -0.1) is 11.3 Å². The van der Waals surface area contributed by atoms with Gasteiger partial charge in [-0.3, -0.25) is 14.7 Å². The first-order chi connectivity index (χ1) is 11.7. The Balaban J connectivity index is 1.55. The fourth-order valence-electron chi connectivity index (χ4n) is 4.20. The van der Waals surface area contributed by atoms with Gasteiger partial charge in [-0.2, -0.15) is 0 Å². The van der Waals surface area contributed by atoms with Gasteiger partial charge >= 0.3 is 5.97 Å². The van der Waals surface area contributed by atoms with Crippen molar-refractivity contribution >= 4 is 17.3 Å². The number of carboxylic acids is 1. The zero-order chi connectivity index (χ0) is 16.5. The highest BCUT2D eigenvalue weighted by Gasteiger charge is 2.45. The van der Waals surface area contributed by atoms with Crippen LogP contribution in [0, 0.1) is 5.92 Å². The molecule has 24 heavy (non-hydrogen) atoms. The van der Waals surface area contributed by atoms with Crippen molar-refractivity contribution in [2.45, 2.75) is 50.7 Å². The van der Waals surface area contributed by atoms with Gasteiger partial charge in [0.15, 0.2) is 0 Å². The Labute approximate surface area is 145 Å². The number of thiazole rings is 1. The molecule has 0 bridgehead atoms. The van der Waals surface area contributed by atoms with Gasteiger partial charge in [0, 0.05) is 24.2 Å². The lowest BCUT2D eigenvalue weighted by atomic mass is 9.85. The van der Waals surface area contributed by atoms with E-state index in [4.69, 9.17) is 4.98 Å². The molecule has 2 aliphatic rings. The van der Waals surface area contributed by atoms with Gasteiger partial charge < -0.3 is 5.11 Å². The molecule has 1 saturated heterocycles. The molecule has 0 radical (unpaired) electrons. The molecule has 3 atom stereocenters. The van der Waals surface area contributed by atoms with Crippen LogP contribution in [0.15, 0.2) is 29.8 Å². The summed E-state index contributed by atoms with van der Waals surface area (Å²) in [6.07, 6.45) is 7.29. The van der Waals surface area contributed by atoms with E-state index >= 15 is 0 Å². The number of rotatable bonds is 4. The molecule has 1 aliphatic carbocycles. The third-order valence-electron chi connectivity index (χ3n) is 5.29. The van der Waals surface area contributed by atoms with Crippen LogP contribution in [0.5, 0.6) is 0 Å². The Hall–Kier alpha value is -1.79. The van der Waals surface area contributed by atoms with Crippen molar-refractivity contribution in [2.24, 2.45) is 5.92 Å². The number of hydrogen-bond acceptors (Lipinski definition) is 5. The minimum atomic E-state index is -0.690. The molecule has 1 aliphatic heterocycles. The smallest absolute Gasteiger partial charge is 0.320 e. The van der Waals surface area contributed by atoms with Crippen LogP contribution < -0.4 is 0 Å².